The smallest absolute Gasteiger partial charge is 0.341 e. The van der Waals surface area contributed by atoms with Crippen LogP contribution in [-0.2, 0) is 11.3 Å². The van der Waals surface area contributed by atoms with Crippen molar-refractivity contribution in [1.29, 1.82) is 0 Å². The molecule has 0 atom stereocenters. The average molecular weight is 353 g/mol. The highest BCUT2D eigenvalue weighted by atomic mass is 35.5. The number of benzene rings is 2. The van der Waals surface area contributed by atoms with Gasteiger partial charge in [-0.25, -0.2) is 9.18 Å². The van der Waals surface area contributed by atoms with Gasteiger partial charge in [-0.3, -0.25) is 14.9 Å². The molecule has 0 aliphatic carbocycles. The number of nitrogens with two attached hydrogens (primary N) is 1. The van der Waals surface area contributed by atoms with Gasteiger partial charge in [0.2, 0.25) is 5.91 Å². The lowest BCUT2D eigenvalue weighted by atomic mass is 10.1. The first kappa shape index (κ1) is 17.4. The van der Waals surface area contributed by atoms with Gasteiger partial charge in [-0.2, -0.15) is 0 Å². The van der Waals surface area contributed by atoms with E-state index in [-0.39, 0.29) is 21.7 Å². The van der Waals surface area contributed by atoms with Crippen molar-refractivity contribution < 1.29 is 23.6 Å². The van der Waals surface area contributed by atoms with Gasteiger partial charge in [-0.05, 0) is 30.3 Å². The minimum atomic E-state index is -1.00. The lowest BCUT2D eigenvalue weighted by molar-refractivity contribution is -0.385. The number of carbonyl (C=O) groups excluding carboxylic acids is 2. The maximum absolute atomic E-state index is 13.6. The molecule has 2 N–H and O–H groups in total. The molecule has 9 heteroatoms. The summed E-state index contributed by atoms with van der Waals surface area (Å²) in [6.07, 6.45) is 0. The molecular formula is C15H10ClFN2O5. The zero-order chi connectivity index (χ0) is 17.9. The van der Waals surface area contributed by atoms with Crippen molar-refractivity contribution in [2.75, 3.05) is 0 Å². The van der Waals surface area contributed by atoms with Gasteiger partial charge in [-0.1, -0.05) is 11.6 Å². The van der Waals surface area contributed by atoms with Crippen LogP contribution in [0.25, 0.3) is 0 Å². The zero-order valence-electron chi connectivity index (χ0n) is 12.0. The van der Waals surface area contributed by atoms with Crippen LogP contribution in [0.3, 0.4) is 0 Å². The van der Waals surface area contributed by atoms with Crippen LogP contribution < -0.4 is 5.73 Å². The van der Waals surface area contributed by atoms with E-state index in [0.29, 0.717) is 0 Å². The standard InChI is InChI=1S/C15H10ClFN2O5/c16-10-3-4-11(12(17)6-10)15(21)24-7-9-2-1-8(14(18)20)5-13(9)19(22)23/h1-6H,7H2,(H2,18,20). The van der Waals surface area contributed by atoms with Gasteiger partial charge in [0, 0.05) is 16.7 Å². The van der Waals surface area contributed by atoms with E-state index in [1.165, 1.54) is 18.2 Å². The minimum absolute atomic E-state index is 0.0349. The number of primary amides is 1. The van der Waals surface area contributed by atoms with E-state index in [1.54, 1.807) is 0 Å². The van der Waals surface area contributed by atoms with E-state index >= 15 is 0 Å². The Hall–Kier alpha value is -3.00. The molecule has 0 fully saturated rings. The van der Waals surface area contributed by atoms with Crippen molar-refractivity contribution in [2.24, 2.45) is 5.73 Å². The predicted octanol–water partition coefficient (Wildman–Crippen LogP) is 2.84. The maximum Gasteiger partial charge on any atom is 0.341 e. The third-order valence-electron chi connectivity index (χ3n) is 3.08. The minimum Gasteiger partial charge on any atom is -0.457 e. The summed E-state index contributed by atoms with van der Waals surface area (Å²) < 4.78 is 18.5. The lowest BCUT2D eigenvalue weighted by Gasteiger charge is -2.07. The molecule has 2 aromatic carbocycles. The Balaban J connectivity index is 2.20. The van der Waals surface area contributed by atoms with Crippen molar-refractivity contribution in [3.05, 3.63) is 74.0 Å². The number of esters is 1. The van der Waals surface area contributed by atoms with Crippen molar-refractivity contribution in [1.82, 2.24) is 0 Å². The summed E-state index contributed by atoms with van der Waals surface area (Å²) in [4.78, 5) is 33.2. The third-order valence-corrected chi connectivity index (χ3v) is 3.31. The number of nitrogens with zero attached hydrogens (tertiary/aromatic N) is 1. The molecule has 7 nitrogen and oxygen atoms in total. The van der Waals surface area contributed by atoms with Gasteiger partial charge in [0.1, 0.15) is 12.4 Å². The molecule has 0 aliphatic heterocycles. The van der Waals surface area contributed by atoms with E-state index in [2.05, 4.69) is 0 Å². The first-order valence-corrected chi connectivity index (χ1v) is 6.86. The molecule has 0 radical (unpaired) electrons. The molecule has 0 heterocycles. The predicted molar refractivity (Wildman–Crippen MR) is 82.1 cm³/mol. The molecule has 0 saturated heterocycles. The van der Waals surface area contributed by atoms with Gasteiger partial charge in [0.25, 0.3) is 5.69 Å². The SMILES string of the molecule is NC(=O)c1ccc(COC(=O)c2ccc(Cl)cc2F)c([N+](=O)[O-])c1. The molecule has 2 rings (SSSR count). The second-order valence-electron chi connectivity index (χ2n) is 4.67. The van der Waals surface area contributed by atoms with E-state index in [4.69, 9.17) is 22.1 Å². The summed E-state index contributed by atoms with van der Waals surface area (Å²) in [5.74, 6) is -2.70. The van der Waals surface area contributed by atoms with Crippen LogP contribution in [0.5, 0.6) is 0 Å². The number of ether oxygens (including phenoxy) is 1. The van der Waals surface area contributed by atoms with Gasteiger partial charge >= 0.3 is 5.97 Å². The maximum atomic E-state index is 13.6. The lowest BCUT2D eigenvalue weighted by Crippen LogP contribution is -2.12. The van der Waals surface area contributed by atoms with Gasteiger partial charge < -0.3 is 10.5 Å². The summed E-state index contributed by atoms with van der Waals surface area (Å²) in [7, 11) is 0. The molecule has 0 bridgehead atoms. The van der Waals surface area contributed by atoms with Crippen molar-refractivity contribution >= 4 is 29.2 Å². The number of amides is 1. The van der Waals surface area contributed by atoms with Crippen LogP contribution in [0.1, 0.15) is 26.3 Å². The molecular weight excluding hydrogens is 343 g/mol. The Morgan fingerprint density at radius 2 is 1.96 bits per heavy atom. The first-order valence-electron chi connectivity index (χ1n) is 6.49. The third kappa shape index (κ3) is 3.85. The fraction of sp³-hybridized carbons (Fsp3) is 0.0667. The fourth-order valence-corrected chi connectivity index (χ4v) is 2.04. The summed E-state index contributed by atoms with van der Waals surface area (Å²) in [6, 6.07) is 6.89. The number of nitro benzene ring substituents is 1. The molecule has 124 valence electrons. The van der Waals surface area contributed by atoms with Gasteiger partial charge in [-0.15, -0.1) is 0 Å². The number of rotatable bonds is 5. The quantitative estimate of drug-likeness (QED) is 0.505. The average Bonchev–Trinajstić information content (AvgIpc) is 2.52. The normalized spacial score (nSPS) is 10.2. The fourth-order valence-electron chi connectivity index (χ4n) is 1.89. The van der Waals surface area contributed by atoms with Gasteiger partial charge in [0.15, 0.2) is 0 Å². The molecule has 0 aromatic heterocycles. The summed E-state index contributed by atoms with van der Waals surface area (Å²) >= 11 is 5.59. The van der Waals surface area contributed by atoms with Crippen molar-refractivity contribution in [3.8, 4) is 0 Å². The molecule has 1 amide bonds. The Labute approximate surface area is 139 Å². The number of carbonyl (C=O) groups is 2. The van der Waals surface area contributed by atoms with Crippen LogP contribution in [0.15, 0.2) is 36.4 Å². The number of nitro groups is 1. The summed E-state index contributed by atoms with van der Waals surface area (Å²) in [6.45, 7) is -0.476. The monoisotopic (exact) mass is 352 g/mol. The van der Waals surface area contributed by atoms with Gasteiger partial charge in [0.05, 0.1) is 16.1 Å². The summed E-state index contributed by atoms with van der Waals surface area (Å²) in [5.41, 5.74) is 4.25. The van der Waals surface area contributed by atoms with Crippen LogP contribution in [0.2, 0.25) is 5.02 Å². The molecule has 0 unspecified atom stereocenters. The first-order chi connectivity index (χ1) is 11.3. The number of hydrogen-bond donors (Lipinski definition) is 1. The van der Waals surface area contributed by atoms with Crippen molar-refractivity contribution in [3.63, 3.8) is 0 Å². The summed E-state index contributed by atoms with van der Waals surface area (Å²) in [5, 5.41) is 11.2. The van der Waals surface area contributed by atoms with Crippen LogP contribution >= 0.6 is 11.6 Å². The second kappa shape index (κ2) is 7.05. The number of hydrogen-bond acceptors (Lipinski definition) is 5. The molecule has 24 heavy (non-hydrogen) atoms. The highest BCUT2D eigenvalue weighted by Gasteiger charge is 2.19. The Bertz CT molecular complexity index is 841. The molecule has 0 spiro atoms. The van der Waals surface area contributed by atoms with E-state index in [1.807, 2.05) is 0 Å². The Morgan fingerprint density at radius 3 is 2.54 bits per heavy atom. The topological polar surface area (TPSA) is 113 Å². The van der Waals surface area contributed by atoms with E-state index in [0.717, 1.165) is 18.2 Å². The largest absolute Gasteiger partial charge is 0.457 e. The van der Waals surface area contributed by atoms with E-state index in [9.17, 15) is 24.1 Å². The van der Waals surface area contributed by atoms with Crippen molar-refractivity contribution in [2.45, 2.75) is 6.61 Å². The highest BCUT2D eigenvalue weighted by Crippen LogP contribution is 2.22. The van der Waals surface area contributed by atoms with Crippen LogP contribution in [0, 0.1) is 15.9 Å². The van der Waals surface area contributed by atoms with Crippen LogP contribution in [0.4, 0.5) is 10.1 Å². The second-order valence-corrected chi connectivity index (χ2v) is 5.10. The molecule has 0 aliphatic rings. The number of halogens is 2. The molecule has 0 saturated carbocycles. The van der Waals surface area contributed by atoms with E-state index < -0.39 is 34.9 Å². The Morgan fingerprint density at radius 1 is 1.25 bits per heavy atom. The highest BCUT2D eigenvalue weighted by molar-refractivity contribution is 6.30. The zero-order valence-corrected chi connectivity index (χ0v) is 12.7. The van der Waals surface area contributed by atoms with Crippen LogP contribution in [-0.4, -0.2) is 16.8 Å². The molecule has 2 aromatic rings. The Kier molecular flexibility index (Phi) is 5.10.